The molecule has 2 atom stereocenters. The average molecular weight is 522 g/mol. The van der Waals surface area contributed by atoms with Gasteiger partial charge in [-0.2, -0.15) is 0 Å². The Morgan fingerprint density at radius 2 is 1.65 bits per heavy atom. The molecule has 0 bridgehead atoms. The van der Waals surface area contributed by atoms with Crippen molar-refractivity contribution in [1.29, 1.82) is 0 Å². The third kappa shape index (κ3) is 11.4. The zero-order valence-electron chi connectivity index (χ0n) is 23.6. The summed E-state index contributed by atoms with van der Waals surface area (Å²) in [5, 5.41) is 25.4. The number of phenols is 1. The molecule has 1 aromatic rings. The van der Waals surface area contributed by atoms with Crippen molar-refractivity contribution < 1.29 is 29.3 Å². The first-order valence-corrected chi connectivity index (χ1v) is 13.3. The summed E-state index contributed by atoms with van der Waals surface area (Å²) in [6.07, 6.45) is 5.07. The minimum absolute atomic E-state index is 0.0837. The number of aliphatic hydroxyl groups is 1. The maximum Gasteiger partial charge on any atom is 0.408 e. The maximum absolute atomic E-state index is 13.8. The highest BCUT2D eigenvalue weighted by molar-refractivity contribution is 5.92. The molecule has 0 saturated heterocycles. The van der Waals surface area contributed by atoms with Gasteiger partial charge in [0.1, 0.15) is 23.4 Å². The molecule has 9 nitrogen and oxygen atoms in total. The number of benzene rings is 1. The molecule has 0 fully saturated rings. The lowest BCUT2D eigenvalue weighted by atomic mass is 9.99. The molecule has 0 aromatic heterocycles. The quantitative estimate of drug-likeness (QED) is 0.270. The fourth-order valence-electron chi connectivity index (χ4n) is 3.95. The molecule has 1 aromatic carbocycles. The number of unbranched alkanes of at least 4 members (excludes halogenated alkanes) is 5. The van der Waals surface area contributed by atoms with Gasteiger partial charge in [0.2, 0.25) is 11.8 Å². The Balaban J connectivity index is 3.36. The van der Waals surface area contributed by atoms with Crippen molar-refractivity contribution in [3.8, 4) is 5.75 Å². The number of nitrogens with one attached hydrogen (secondary N) is 2. The van der Waals surface area contributed by atoms with E-state index in [2.05, 4.69) is 17.6 Å². The van der Waals surface area contributed by atoms with E-state index in [0.717, 1.165) is 32.1 Å². The molecule has 3 amide bonds. The molecule has 4 N–H and O–H groups in total. The standard InChI is InChI=1S/C28H47N3O6/c1-8-9-10-11-12-13-16-31(26(35)22(18-32)30-27(36)37-28(5,6)7)24(25(34)29-19(2)3)21-14-15-23(33)20(4)17-21/h14-15,17,19,22,24,32-33H,8-13,16,18H2,1-7H3,(H,29,34)(H,30,36). The van der Waals surface area contributed by atoms with E-state index in [1.165, 1.54) is 11.0 Å². The Labute approximate surface area is 222 Å². The molecule has 0 saturated carbocycles. The normalized spacial score (nSPS) is 13.1. The summed E-state index contributed by atoms with van der Waals surface area (Å²) in [6.45, 7) is 12.2. The summed E-state index contributed by atoms with van der Waals surface area (Å²) in [7, 11) is 0. The number of nitrogens with zero attached hydrogens (tertiary/aromatic N) is 1. The van der Waals surface area contributed by atoms with Gasteiger partial charge in [-0.15, -0.1) is 0 Å². The highest BCUT2D eigenvalue weighted by Gasteiger charge is 2.36. The molecule has 2 unspecified atom stereocenters. The molecular weight excluding hydrogens is 474 g/mol. The molecule has 0 spiro atoms. The van der Waals surface area contributed by atoms with Crippen LogP contribution in [0.2, 0.25) is 0 Å². The topological polar surface area (TPSA) is 128 Å². The molecule has 0 aliphatic heterocycles. The average Bonchev–Trinajstić information content (AvgIpc) is 2.78. The van der Waals surface area contributed by atoms with Crippen LogP contribution in [0.1, 0.15) is 97.2 Å². The van der Waals surface area contributed by atoms with Crippen LogP contribution in [-0.4, -0.2) is 63.9 Å². The number of aromatic hydroxyl groups is 1. The zero-order valence-corrected chi connectivity index (χ0v) is 23.6. The summed E-state index contributed by atoms with van der Waals surface area (Å²) in [4.78, 5) is 41.0. The van der Waals surface area contributed by atoms with E-state index in [9.17, 15) is 24.6 Å². The minimum Gasteiger partial charge on any atom is -0.508 e. The number of hydrogen-bond donors (Lipinski definition) is 4. The van der Waals surface area contributed by atoms with E-state index in [0.29, 0.717) is 17.5 Å². The highest BCUT2D eigenvalue weighted by atomic mass is 16.6. The van der Waals surface area contributed by atoms with Crippen molar-refractivity contribution >= 4 is 17.9 Å². The minimum atomic E-state index is -1.29. The molecule has 1 rings (SSSR count). The largest absolute Gasteiger partial charge is 0.508 e. The number of amides is 3. The third-order valence-electron chi connectivity index (χ3n) is 5.73. The van der Waals surface area contributed by atoms with Crippen LogP contribution < -0.4 is 10.6 Å². The number of rotatable bonds is 14. The lowest BCUT2D eigenvalue weighted by molar-refractivity contribution is -0.143. The van der Waals surface area contributed by atoms with Gasteiger partial charge in [-0.1, -0.05) is 45.1 Å². The van der Waals surface area contributed by atoms with Gasteiger partial charge in [0.05, 0.1) is 6.61 Å². The number of carbonyl (C=O) groups excluding carboxylic acids is 3. The van der Waals surface area contributed by atoms with Crippen LogP contribution >= 0.6 is 0 Å². The first-order chi connectivity index (χ1) is 17.3. The maximum atomic E-state index is 13.8. The van der Waals surface area contributed by atoms with Crippen LogP contribution in [0.25, 0.3) is 0 Å². The SMILES string of the molecule is CCCCCCCCN(C(=O)C(CO)NC(=O)OC(C)(C)C)C(C(=O)NC(C)C)c1ccc(O)c(C)c1. The number of aliphatic hydroxyl groups excluding tert-OH is 1. The lowest BCUT2D eigenvalue weighted by Gasteiger charge is -2.34. The Kier molecular flexibility index (Phi) is 13.4. The Bertz CT molecular complexity index is 881. The second-order valence-corrected chi connectivity index (χ2v) is 10.8. The van der Waals surface area contributed by atoms with E-state index in [1.54, 1.807) is 39.8 Å². The number of alkyl carbamates (subject to hydrolysis) is 1. The van der Waals surface area contributed by atoms with Gasteiger partial charge in [-0.05, 0) is 71.2 Å². The van der Waals surface area contributed by atoms with Gasteiger partial charge in [0.15, 0.2) is 0 Å². The van der Waals surface area contributed by atoms with Crippen molar-refractivity contribution in [3.63, 3.8) is 0 Å². The third-order valence-corrected chi connectivity index (χ3v) is 5.73. The fourth-order valence-corrected chi connectivity index (χ4v) is 3.95. The molecule has 0 aliphatic carbocycles. The van der Waals surface area contributed by atoms with E-state index in [4.69, 9.17) is 4.74 Å². The van der Waals surface area contributed by atoms with E-state index >= 15 is 0 Å². The molecule has 0 aliphatic rings. The summed E-state index contributed by atoms with van der Waals surface area (Å²) in [6, 6.07) is 2.31. The number of hydrogen-bond acceptors (Lipinski definition) is 6. The predicted molar refractivity (Wildman–Crippen MR) is 144 cm³/mol. The second-order valence-electron chi connectivity index (χ2n) is 10.8. The van der Waals surface area contributed by atoms with Gasteiger partial charge in [-0.3, -0.25) is 9.59 Å². The van der Waals surface area contributed by atoms with Crippen molar-refractivity contribution in [1.82, 2.24) is 15.5 Å². The molecule has 0 heterocycles. The van der Waals surface area contributed by atoms with Crippen molar-refractivity contribution in [2.24, 2.45) is 0 Å². The summed E-state index contributed by atoms with van der Waals surface area (Å²) >= 11 is 0. The van der Waals surface area contributed by atoms with Crippen LogP contribution in [0.15, 0.2) is 18.2 Å². The van der Waals surface area contributed by atoms with Crippen LogP contribution in [0, 0.1) is 6.92 Å². The Morgan fingerprint density at radius 1 is 1.03 bits per heavy atom. The van der Waals surface area contributed by atoms with Crippen molar-refractivity contribution in [2.75, 3.05) is 13.2 Å². The fraction of sp³-hybridized carbons (Fsp3) is 0.679. The number of aryl methyl sites for hydroxylation is 1. The molecule has 37 heavy (non-hydrogen) atoms. The van der Waals surface area contributed by atoms with Gasteiger partial charge in [-0.25, -0.2) is 4.79 Å². The highest BCUT2D eigenvalue weighted by Crippen LogP contribution is 2.28. The lowest BCUT2D eigenvalue weighted by Crippen LogP contribution is -2.55. The van der Waals surface area contributed by atoms with E-state index in [-0.39, 0.29) is 24.2 Å². The smallest absolute Gasteiger partial charge is 0.408 e. The van der Waals surface area contributed by atoms with Crippen molar-refractivity contribution in [2.45, 2.75) is 111 Å². The van der Waals surface area contributed by atoms with E-state index in [1.807, 2.05) is 13.8 Å². The predicted octanol–water partition coefficient (Wildman–Crippen LogP) is 4.34. The number of carbonyl (C=O) groups is 3. The summed E-state index contributed by atoms with van der Waals surface area (Å²) < 4.78 is 5.27. The van der Waals surface area contributed by atoms with Gasteiger partial charge in [0, 0.05) is 12.6 Å². The number of ether oxygens (including phenoxy) is 1. The number of phenolic OH excluding ortho intramolecular Hbond substituents is 1. The monoisotopic (exact) mass is 521 g/mol. The molecule has 9 heteroatoms. The first-order valence-electron chi connectivity index (χ1n) is 13.3. The Morgan fingerprint density at radius 3 is 2.19 bits per heavy atom. The first kappa shape index (κ1) is 32.2. The van der Waals surface area contributed by atoms with Crippen molar-refractivity contribution in [3.05, 3.63) is 29.3 Å². The van der Waals surface area contributed by atoms with Gasteiger partial charge >= 0.3 is 6.09 Å². The molecule has 0 radical (unpaired) electrons. The molecular formula is C28H47N3O6. The summed E-state index contributed by atoms with van der Waals surface area (Å²) in [5.74, 6) is -0.884. The van der Waals surface area contributed by atoms with Crippen LogP contribution in [0.4, 0.5) is 4.79 Å². The zero-order chi connectivity index (χ0) is 28.2. The van der Waals surface area contributed by atoms with Gasteiger partial charge < -0.3 is 30.5 Å². The van der Waals surface area contributed by atoms with Crippen LogP contribution in [0.3, 0.4) is 0 Å². The molecule has 210 valence electrons. The Hall–Kier alpha value is -2.81. The second kappa shape index (κ2) is 15.4. The van der Waals surface area contributed by atoms with Crippen LogP contribution in [-0.2, 0) is 14.3 Å². The van der Waals surface area contributed by atoms with Crippen LogP contribution in [0.5, 0.6) is 5.75 Å². The van der Waals surface area contributed by atoms with E-state index < -0.39 is 36.3 Å². The summed E-state index contributed by atoms with van der Waals surface area (Å²) in [5.41, 5.74) is 0.313. The van der Waals surface area contributed by atoms with Gasteiger partial charge in [0.25, 0.3) is 0 Å².